The highest BCUT2D eigenvalue weighted by atomic mass is 16.5. The molecule has 1 aromatic carbocycles. The molecule has 0 N–H and O–H groups in total. The third kappa shape index (κ3) is 3.97. The number of hydrogen-bond acceptors (Lipinski definition) is 5. The second-order valence-corrected chi connectivity index (χ2v) is 5.61. The molecule has 0 unspecified atom stereocenters. The SMILES string of the molecule is C=CCN(CC=C)C(=O)c1cc(COc2ccc3ncccc3c2)on1. The maximum Gasteiger partial charge on any atom is 0.276 e. The Morgan fingerprint density at radius 2 is 2.00 bits per heavy atom. The van der Waals surface area contributed by atoms with Crippen molar-refractivity contribution >= 4 is 16.8 Å². The first-order chi connectivity index (χ1) is 12.7. The van der Waals surface area contributed by atoms with Crippen molar-refractivity contribution in [2.45, 2.75) is 6.61 Å². The van der Waals surface area contributed by atoms with E-state index in [1.807, 2.05) is 30.3 Å². The Labute approximate surface area is 151 Å². The number of rotatable bonds is 8. The summed E-state index contributed by atoms with van der Waals surface area (Å²) in [6, 6.07) is 11.1. The molecule has 3 rings (SSSR count). The molecule has 0 saturated carbocycles. The van der Waals surface area contributed by atoms with Crippen LogP contribution in [0.15, 0.2) is 72.4 Å². The topological polar surface area (TPSA) is 68.5 Å². The van der Waals surface area contributed by atoms with Crippen molar-refractivity contribution < 1.29 is 14.1 Å². The van der Waals surface area contributed by atoms with E-state index >= 15 is 0 Å². The highest BCUT2D eigenvalue weighted by Gasteiger charge is 2.18. The number of nitrogens with zero attached hydrogens (tertiary/aromatic N) is 3. The molecule has 3 aromatic rings. The van der Waals surface area contributed by atoms with E-state index in [0.29, 0.717) is 24.6 Å². The van der Waals surface area contributed by atoms with Crippen molar-refractivity contribution in [2.24, 2.45) is 0 Å². The predicted octanol–water partition coefficient (Wildman–Crippen LogP) is 3.62. The van der Waals surface area contributed by atoms with E-state index in [-0.39, 0.29) is 18.2 Å². The van der Waals surface area contributed by atoms with E-state index in [1.54, 1.807) is 29.3 Å². The fourth-order valence-corrected chi connectivity index (χ4v) is 2.49. The van der Waals surface area contributed by atoms with Crippen LogP contribution in [0.25, 0.3) is 10.9 Å². The van der Waals surface area contributed by atoms with Gasteiger partial charge in [0.05, 0.1) is 5.52 Å². The third-order valence-corrected chi connectivity index (χ3v) is 3.72. The smallest absolute Gasteiger partial charge is 0.276 e. The summed E-state index contributed by atoms with van der Waals surface area (Å²) in [5.41, 5.74) is 1.13. The molecule has 0 fully saturated rings. The first-order valence-electron chi connectivity index (χ1n) is 8.15. The maximum absolute atomic E-state index is 12.4. The summed E-state index contributed by atoms with van der Waals surface area (Å²) in [5.74, 6) is 0.920. The van der Waals surface area contributed by atoms with Crippen molar-refractivity contribution in [2.75, 3.05) is 13.1 Å². The highest BCUT2D eigenvalue weighted by molar-refractivity contribution is 5.92. The normalized spacial score (nSPS) is 10.5. The third-order valence-electron chi connectivity index (χ3n) is 3.72. The van der Waals surface area contributed by atoms with Crippen LogP contribution in [0, 0.1) is 0 Å². The van der Waals surface area contributed by atoms with E-state index in [9.17, 15) is 4.79 Å². The number of benzene rings is 1. The van der Waals surface area contributed by atoms with Gasteiger partial charge < -0.3 is 14.2 Å². The Bertz CT molecular complexity index is 923. The minimum atomic E-state index is -0.239. The van der Waals surface area contributed by atoms with Crippen LogP contribution in [-0.2, 0) is 6.61 Å². The number of amides is 1. The van der Waals surface area contributed by atoms with Crippen molar-refractivity contribution in [3.05, 3.63) is 79.4 Å². The zero-order chi connectivity index (χ0) is 18.4. The largest absolute Gasteiger partial charge is 0.486 e. The second kappa shape index (κ2) is 8.11. The minimum Gasteiger partial charge on any atom is -0.486 e. The van der Waals surface area contributed by atoms with Gasteiger partial charge in [-0.1, -0.05) is 23.4 Å². The van der Waals surface area contributed by atoms with Crippen LogP contribution < -0.4 is 4.74 Å². The van der Waals surface area contributed by atoms with Gasteiger partial charge in [0.2, 0.25) is 0 Å². The quantitative estimate of drug-likeness (QED) is 0.581. The van der Waals surface area contributed by atoms with Gasteiger partial charge >= 0.3 is 0 Å². The fraction of sp³-hybridized carbons (Fsp3) is 0.150. The van der Waals surface area contributed by atoms with E-state index in [4.69, 9.17) is 9.26 Å². The van der Waals surface area contributed by atoms with Crippen LogP contribution >= 0.6 is 0 Å². The van der Waals surface area contributed by atoms with E-state index in [1.165, 1.54) is 0 Å². The number of ether oxygens (including phenoxy) is 1. The Hall–Kier alpha value is -3.41. The molecule has 1 amide bonds. The van der Waals surface area contributed by atoms with Crippen LogP contribution in [0.1, 0.15) is 16.2 Å². The van der Waals surface area contributed by atoms with Gasteiger partial charge in [0.15, 0.2) is 11.5 Å². The summed E-state index contributed by atoms with van der Waals surface area (Å²) in [6.45, 7) is 8.30. The lowest BCUT2D eigenvalue weighted by molar-refractivity contribution is 0.0780. The van der Waals surface area contributed by atoms with Crippen LogP contribution in [-0.4, -0.2) is 34.0 Å². The number of fused-ring (bicyclic) bond motifs is 1. The Morgan fingerprint density at radius 3 is 2.77 bits per heavy atom. The molecule has 0 aliphatic carbocycles. The lowest BCUT2D eigenvalue weighted by atomic mass is 10.2. The number of carbonyl (C=O) groups excluding carboxylic acids is 1. The number of hydrogen-bond donors (Lipinski definition) is 0. The molecule has 0 radical (unpaired) electrons. The van der Waals surface area contributed by atoms with Gasteiger partial charge in [-0.2, -0.15) is 0 Å². The molecule has 0 saturated heterocycles. The Kier molecular flexibility index (Phi) is 5.43. The lowest BCUT2D eigenvalue weighted by Crippen LogP contribution is -2.31. The predicted molar refractivity (Wildman–Crippen MR) is 98.9 cm³/mol. The Balaban J connectivity index is 1.66. The summed E-state index contributed by atoms with van der Waals surface area (Å²) in [6.07, 6.45) is 5.05. The molecule has 6 nitrogen and oxygen atoms in total. The molecule has 2 aromatic heterocycles. The minimum absolute atomic E-state index is 0.176. The van der Waals surface area contributed by atoms with E-state index < -0.39 is 0 Å². The average Bonchev–Trinajstić information content (AvgIpc) is 3.14. The molecule has 0 atom stereocenters. The van der Waals surface area contributed by atoms with Crippen LogP contribution in [0.3, 0.4) is 0 Å². The summed E-state index contributed by atoms with van der Waals surface area (Å²) in [7, 11) is 0. The van der Waals surface area contributed by atoms with Gasteiger partial charge in [0, 0.05) is 30.7 Å². The molecule has 6 heteroatoms. The first kappa shape index (κ1) is 17.4. The highest BCUT2D eigenvalue weighted by Crippen LogP contribution is 2.20. The molecule has 0 aliphatic rings. The summed E-state index contributed by atoms with van der Waals surface area (Å²) in [4.78, 5) is 18.3. The Morgan fingerprint density at radius 1 is 1.19 bits per heavy atom. The second-order valence-electron chi connectivity index (χ2n) is 5.61. The zero-order valence-corrected chi connectivity index (χ0v) is 14.3. The summed E-state index contributed by atoms with van der Waals surface area (Å²) in [5, 5.41) is 4.83. The van der Waals surface area contributed by atoms with Crippen LogP contribution in [0.2, 0.25) is 0 Å². The number of aromatic nitrogens is 2. The van der Waals surface area contributed by atoms with E-state index in [2.05, 4.69) is 23.3 Å². The van der Waals surface area contributed by atoms with Gasteiger partial charge in [-0.3, -0.25) is 9.78 Å². The van der Waals surface area contributed by atoms with Gasteiger partial charge in [-0.05, 0) is 24.3 Å². The zero-order valence-electron chi connectivity index (χ0n) is 14.3. The van der Waals surface area contributed by atoms with Crippen LogP contribution in [0.4, 0.5) is 0 Å². The summed E-state index contributed by atoms with van der Waals surface area (Å²) < 4.78 is 10.9. The standard InChI is InChI=1S/C20H19N3O3/c1-3-10-23(11-4-2)20(24)19-13-17(26-22-19)14-25-16-7-8-18-15(12-16)6-5-9-21-18/h3-9,12-13H,1-2,10-11,14H2. The monoisotopic (exact) mass is 349 g/mol. The average molecular weight is 349 g/mol. The molecular formula is C20H19N3O3. The molecule has 0 aliphatic heterocycles. The summed E-state index contributed by atoms with van der Waals surface area (Å²) >= 11 is 0. The van der Waals surface area contributed by atoms with Crippen LogP contribution in [0.5, 0.6) is 5.75 Å². The maximum atomic E-state index is 12.4. The molecule has 132 valence electrons. The lowest BCUT2D eigenvalue weighted by Gasteiger charge is -2.17. The fourth-order valence-electron chi connectivity index (χ4n) is 2.49. The molecular weight excluding hydrogens is 330 g/mol. The first-order valence-corrected chi connectivity index (χ1v) is 8.15. The van der Waals surface area contributed by atoms with E-state index in [0.717, 1.165) is 10.9 Å². The van der Waals surface area contributed by atoms with Crippen molar-refractivity contribution in [1.82, 2.24) is 15.0 Å². The molecule has 0 bridgehead atoms. The van der Waals surface area contributed by atoms with Crippen molar-refractivity contribution in [3.8, 4) is 5.75 Å². The van der Waals surface area contributed by atoms with Crippen molar-refractivity contribution in [1.29, 1.82) is 0 Å². The molecule has 2 heterocycles. The van der Waals surface area contributed by atoms with Gasteiger partial charge in [-0.25, -0.2) is 0 Å². The van der Waals surface area contributed by atoms with Crippen molar-refractivity contribution in [3.63, 3.8) is 0 Å². The number of carbonyl (C=O) groups is 1. The molecule has 0 spiro atoms. The van der Waals surface area contributed by atoms with Gasteiger partial charge in [0.25, 0.3) is 5.91 Å². The van der Waals surface area contributed by atoms with Gasteiger partial charge in [0.1, 0.15) is 12.4 Å². The number of pyridine rings is 1. The molecule has 26 heavy (non-hydrogen) atoms. The van der Waals surface area contributed by atoms with Gasteiger partial charge in [-0.15, -0.1) is 13.2 Å².